The monoisotopic (exact) mass is 389 g/mol. The third-order valence-electron chi connectivity index (χ3n) is 2.74. The smallest absolute Gasteiger partial charge is 0.142 e. The Labute approximate surface area is 132 Å². The number of rotatable bonds is 6. The van der Waals surface area contributed by atoms with Gasteiger partial charge in [0.1, 0.15) is 5.75 Å². The second-order valence-electron chi connectivity index (χ2n) is 4.18. The summed E-state index contributed by atoms with van der Waals surface area (Å²) < 4.78 is 5.48. The van der Waals surface area contributed by atoms with Crippen LogP contribution < -0.4 is 9.64 Å². The largest absolute Gasteiger partial charge is 0.495 e. The van der Waals surface area contributed by atoms with Crippen molar-refractivity contribution in [3.8, 4) is 16.9 Å². The summed E-state index contributed by atoms with van der Waals surface area (Å²) in [5.74, 6) is 4.07. The Bertz CT molecular complexity index is 447. The van der Waals surface area contributed by atoms with Crippen LogP contribution in [0.1, 0.15) is 32.3 Å². The number of hydrogen-bond acceptors (Lipinski definition) is 3. The average Bonchev–Trinajstić information content (AvgIpc) is 2.44. The second kappa shape index (κ2) is 9.38. The number of ether oxygens (including phenoxy) is 1. The standard InChI is InChI=1S/C15H20INOS/c1-4-9-17(10-5-2)14-12-13(8-11-19-16)6-7-15(14)18-3/h6-7,12H,4-5,9-10H2,1-3H3. The summed E-state index contributed by atoms with van der Waals surface area (Å²) in [6.45, 7) is 6.49. The van der Waals surface area contributed by atoms with E-state index < -0.39 is 0 Å². The number of halogens is 1. The minimum absolute atomic E-state index is 0.926. The molecule has 0 saturated carbocycles. The Morgan fingerprint density at radius 2 is 1.95 bits per heavy atom. The highest BCUT2D eigenvalue weighted by Gasteiger charge is 2.11. The SMILES string of the molecule is CCCN(CCC)c1cc(C#CSI)ccc1OC. The van der Waals surface area contributed by atoms with Gasteiger partial charge >= 0.3 is 0 Å². The topological polar surface area (TPSA) is 12.5 Å². The molecular weight excluding hydrogens is 369 g/mol. The molecule has 0 N–H and O–H groups in total. The first-order valence-electron chi connectivity index (χ1n) is 6.48. The van der Waals surface area contributed by atoms with Crippen molar-refractivity contribution in [2.75, 3.05) is 25.1 Å². The van der Waals surface area contributed by atoms with Gasteiger partial charge in [0.05, 0.1) is 12.8 Å². The van der Waals surface area contributed by atoms with E-state index in [0.717, 1.165) is 42.9 Å². The highest BCUT2D eigenvalue weighted by Crippen LogP contribution is 2.29. The Balaban J connectivity index is 3.11. The lowest BCUT2D eigenvalue weighted by Crippen LogP contribution is -2.25. The molecule has 1 aromatic carbocycles. The van der Waals surface area contributed by atoms with E-state index in [0.29, 0.717) is 0 Å². The van der Waals surface area contributed by atoms with E-state index >= 15 is 0 Å². The number of anilines is 1. The Morgan fingerprint density at radius 3 is 2.47 bits per heavy atom. The summed E-state index contributed by atoms with van der Waals surface area (Å²) in [7, 11) is 3.23. The molecule has 0 atom stereocenters. The molecule has 0 aliphatic heterocycles. The highest BCUT2D eigenvalue weighted by molar-refractivity contribution is 14.2. The third-order valence-corrected chi connectivity index (χ3v) is 3.58. The van der Waals surface area contributed by atoms with Crippen molar-refractivity contribution in [2.45, 2.75) is 26.7 Å². The minimum atomic E-state index is 0.926. The normalized spacial score (nSPS) is 9.68. The summed E-state index contributed by atoms with van der Waals surface area (Å²) in [5.41, 5.74) is 2.19. The lowest BCUT2D eigenvalue weighted by atomic mass is 10.1. The van der Waals surface area contributed by atoms with Crippen LogP contribution in [0.4, 0.5) is 5.69 Å². The van der Waals surface area contributed by atoms with Gasteiger partial charge in [0, 0.05) is 39.9 Å². The molecule has 0 aliphatic carbocycles. The number of hydrogen-bond donors (Lipinski definition) is 0. The van der Waals surface area contributed by atoms with Gasteiger partial charge < -0.3 is 9.64 Å². The van der Waals surface area contributed by atoms with Crippen LogP contribution in [0.3, 0.4) is 0 Å². The van der Waals surface area contributed by atoms with Crippen molar-refractivity contribution in [1.82, 2.24) is 0 Å². The maximum Gasteiger partial charge on any atom is 0.142 e. The fraction of sp³-hybridized carbons (Fsp3) is 0.467. The number of methoxy groups -OCH3 is 1. The van der Waals surface area contributed by atoms with Crippen LogP contribution in [0.25, 0.3) is 0 Å². The van der Waals surface area contributed by atoms with Crippen LogP contribution in [0.2, 0.25) is 0 Å². The van der Waals surface area contributed by atoms with Gasteiger partial charge in [-0.25, -0.2) is 0 Å². The molecule has 0 amide bonds. The molecule has 2 nitrogen and oxygen atoms in total. The lowest BCUT2D eigenvalue weighted by Gasteiger charge is -2.25. The molecular formula is C15H20INOS. The maximum atomic E-state index is 5.48. The summed E-state index contributed by atoms with van der Waals surface area (Å²) in [6.07, 6.45) is 2.26. The first-order valence-corrected chi connectivity index (χ1v) is 9.84. The van der Waals surface area contributed by atoms with Crippen molar-refractivity contribution >= 4 is 35.8 Å². The predicted octanol–water partition coefficient (Wildman–Crippen LogP) is 4.71. The summed E-state index contributed by atoms with van der Waals surface area (Å²) >= 11 is 2.19. The summed E-state index contributed by atoms with van der Waals surface area (Å²) in [4.78, 5) is 2.38. The third kappa shape index (κ3) is 5.15. The zero-order valence-electron chi connectivity index (χ0n) is 11.7. The summed E-state index contributed by atoms with van der Waals surface area (Å²) in [5, 5.41) is 3.03. The fourth-order valence-corrected chi connectivity index (χ4v) is 2.47. The van der Waals surface area contributed by atoms with E-state index in [-0.39, 0.29) is 0 Å². The van der Waals surface area contributed by atoms with Gasteiger partial charge in [0.2, 0.25) is 0 Å². The predicted molar refractivity (Wildman–Crippen MR) is 94.3 cm³/mol. The molecule has 104 valence electrons. The van der Waals surface area contributed by atoms with E-state index in [1.165, 1.54) is 8.93 Å². The molecule has 1 aromatic rings. The van der Waals surface area contributed by atoms with Gasteiger partial charge in [-0.15, -0.1) is 0 Å². The molecule has 0 radical (unpaired) electrons. The number of nitrogens with zero attached hydrogens (tertiary/aromatic N) is 1. The molecule has 0 bridgehead atoms. The van der Waals surface area contributed by atoms with Crippen molar-refractivity contribution in [3.05, 3.63) is 23.8 Å². The van der Waals surface area contributed by atoms with E-state index in [2.05, 4.69) is 57.2 Å². The average molecular weight is 389 g/mol. The first-order chi connectivity index (χ1) is 9.26. The van der Waals surface area contributed by atoms with Gasteiger partial charge in [0.15, 0.2) is 0 Å². The zero-order valence-corrected chi connectivity index (χ0v) is 14.7. The second-order valence-corrected chi connectivity index (χ2v) is 5.86. The van der Waals surface area contributed by atoms with Crippen LogP contribution in [0.15, 0.2) is 18.2 Å². The molecule has 0 fully saturated rings. The Hall–Kier alpha value is -0.540. The van der Waals surface area contributed by atoms with Crippen LogP contribution in [0, 0.1) is 11.2 Å². The fourth-order valence-electron chi connectivity index (χ4n) is 1.99. The van der Waals surface area contributed by atoms with E-state index in [1.807, 2.05) is 12.1 Å². The molecule has 1 rings (SSSR count). The van der Waals surface area contributed by atoms with Crippen molar-refractivity contribution in [1.29, 1.82) is 0 Å². The van der Waals surface area contributed by atoms with Gasteiger partial charge in [-0.05, 0) is 45.2 Å². The molecule has 0 aliphatic rings. The Kier molecular flexibility index (Phi) is 8.15. The van der Waals surface area contributed by atoms with E-state index in [1.54, 1.807) is 7.11 Å². The quantitative estimate of drug-likeness (QED) is 0.516. The van der Waals surface area contributed by atoms with Gasteiger partial charge in [-0.2, -0.15) is 0 Å². The van der Waals surface area contributed by atoms with Crippen LogP contribution >= 0.6 is 30.1 Å². The molecule has 0 aromatic heterocycles. The molecule has 0 saturated heterocycles. The minimum Gasteiger partial charge on any atom is -0.495 e. The number of benzene rings is 1. The van der Waals surface area contributed by atoms with Gasteiger partial charge in [-0.3, -0.25) is 0 Å². The van der Waals surface area contributed by atoms with Crippen LogP contribution in [-0.4, -0.2) is 20.2 Å². The molecule has 19 heavy (non-hydrogen) atoms. The molecule has 0 heterocycles. The van der Waals surface area contributed by atoms with Gasteiger partial charge in [-0.1, -0.05) is 19.8 Å². The highest BCUT2D eigenvalue weighted by atomic mass is 127. The van der Waals surface area contributed by atoms with Crippen molar-refractivity contribution in [2.24, 2.45) is 0 Å². The Morgan fingerprint density at radius 1 is 1.26 bits per heavy atom. The zero-order chi connectivity index (χ0) is 14.1. The van der Waals surface area contributed by atoms with E-state index in [9.17, 15) is 0 Å². The molecule has 0 unspecified atom stereocenters. The lowest BCUT2D eigenvalue weighted by molar-refractivity contribution is 0.414. The van der Waals surface area contributed by atoms with E-state index in [4.69, 9.17) is 4.74 Å². The van der Waals surface area contributed by atoms with Crippen LogP contribution in [0.5, 0.6) is 5.75 Å². The van der Waals surface area contributed by atoms with Crippen molar-refractivity contribution < 1.29 is 4.74 Å². The molecule has 0 spiro atoms. The first kappa shape index (κ1) is 16.5. The molecule has 4 heteroatoms. The summed E-state index contributed by atoms with van der Waals surface area (Å²) in [6, 6.07) is 6.15. The van der Waals surface area contributed by atoms with Crippen LogP contribution in [-0.2, 0) is 0 Å². The maximum absolute atomic E-state index is 5.48. The van der Waals surface area contributed by atoms with Crippen molar-refractivity contribution in [3.63, 3.8) is 0 Å². The van der Waals surface area contributed by atoms with Gasteiger partial charge in [0.25, 0.3) is 0 Å².